The molecule has 1 aliphatic rings. The van der Waals surface area contributed by atoms with Crippen molar-refractivity contribution in [2.45, 2.75) is 13.5 Å². The summed E-state index contributed by atoms with van der Waals surface area (Å²) in [5, 5.41) is 2.94. The van der Waals surface area contributed by atoms with Gasteiger partial charge in [0.1, 0.15) is 5.82 Å². The molecule has 2 aromatic carbocycles. The van der Waals surface area contributed by atoms with Gasteiger partial charge in [0.25, 0.3) is 5.91 Å². The van der Waals surface area contributed by atoms with Gasteiger partial charge in [0.15, 0.2) is 11.5 Å². The first-order valence-electron chi connectivity index (χ1n) is 7.82. The van der Waals surface area contributed by atoms with Gasteiger partial charge in [-0.2, -0.15) is 0 Å². The summed E-state index contributed by atoms with van der Waals surface area (Å²) in [6.45, 7) is 3.37. The van der Waals surface area contributed by atoms with E-state index >= 15 is 0 Å². The van der Waals surface area contributed by atoms with E-state index in [0.717, 1.165) is 16.9 Å². The summed E-state index contributed by atoms with van der Waals surface area (Å²) >= 11 is 0. The lowest BCUT2D eigenvalue weighted by molar-refractivity contribution is 0.0952. The molecule has 1 amide bonds. The molecule has 0 unspecified atom stereocenters. The number of carbonyl (C=O) groups is 1. The maximum atomic E-state index is 12.3. The fourth-order valence-electron chi connectivity index (χ4n) is 2.90. The van der Waals surface area contributed by atoms with E-state index < -0.39 is 0 Å². The number of hydrogen-bond acceptors (Lipinski definition) is 4. The van der Waals surface area contributed by atoms with Gasteiger partial charge in [-0.1, -0.05) is 12.1 Å². The van der Waals surface area contributed by atoms with Crippen molar-refractivity contribution < 1.29 is 14.3 Å². The van der Waals surface area contributed by atoms with Gasteiger partial charge in [-0.3, -0.25) is 4.79 Å². The second-order valence-corrected chi connectivity index (χ2v) is 5.62. The summed E-state index contributed by atoms with van der Waals surface area (Å²) < 4.78 is 12.7. The van der Waals surface area contributed by atoms with E-state index in [0.29, 0.717) is 30.2 Å². The number of aromatic nitrogens is 2. The first-order chi connectivity index (χ1) is 11.7. The Morgan fingerprint density at radius 1 is 1.21 bits per heavy atom. The Bertz CT molecular complexity index is 917. The zero-order chi connectivity index (χ0) is 16.5. The van der Waals surface area contributed by atoms with Crippen LogP contribution < -0.4 is 14.8 Å². The highest BCUT2D eigenvalue weighted by atomic mass is 16.7. The largest absolute Gasteiger partial charge is 0.454 e. The lowest BCUT2D eigenvalue weighted by Gasteiger charge is -2.09. The van der Waals surface area contributed by atoms with E-state index in [4.69, 9.17) is 9.47 Å². The van der Waals surface area contributed by atoms with Gasteiger partial charge < -0.3 is 19.4 Å². The SMILES string of the molecule is Cc1nc2ccccc2n1CCNC(=O)c1ccc2c(c1)OCO2. The van der Waals surface area contributed by atoms with E-state index in [9.17, 15) is 4.79 Å². The van der Waals surface area contributed by atoms with Crippen molar-refractivity contribution in [3.05, 3.63) is 53.9 Å². The molecule has 0 bridgehead atoms. The maximum Gasteiger partial charge on any atom is 0.251 e. The lowest BCUT2D eigenvalue weighted by atomic mass is 10.2. The number of nitrogens with zero attached hydrogens (tertiary/aromatic N) is 2. The fraction of sp³-hybridized carbons (Fsp3) is 0.222. The Hall–Kier alpha value is -3.02. The van der Waals surface area contributed by atoms with Crippen molar-refractivity contribution in [3.63, 3.8) is 0 Å². The third kappa shape index (κ3) is 2.56. The van der Waals surface area contributed by atoms with Crippen molar-refractivity contribution in [1.29, 1.82) is 0 Å². The molecule has 0 radical (unpaired) electrons. The minimum Gasteiger partial charge on any atom is -0.454 e. The van der Waals surface area contributed by atoms with Crippen LogP contribution in [0, 0.1) is 6.92 Å². The summed E-state index contributed by atoms with van der Waals surface area (Å²) in [6.07, 6.45) is 0. The zero-order valence-electron chi connectivity index (χ0n) is 13.3. The topological polar surface area (TPSA) is 65.4 Å². The molecule has 0 fully saturated rings. The lowest BCUT2D eigenvalue weighted by Crippen LogP contribution is -2.27. The average Bonchev–Trinajstić information content (AvgIpc) is 3.18. The van der Waals surface area contributed by atoms with Crippen molar-refractivity contribution in [3.8, 4) is 11.5 Å². The van der Waals surface area contributed by atoms with Crippen molar-refractivity contribution in [2.75, 3.05) is 13.3 Å². The van der Waals surface area contributed by atoms with Crippen LogP contribution in [0.2, 0.25) is 0 Å². The van der Waals surface area contributed by atoms with Gasteiger partial charge >= 0.3 is 0 Å². The van der Waals surface area contributed by atoms with Crippen LogP contribution in [0.4, 0.5) is 0 Å². The number of aryl methyl sites for hydroxylation is 1. The third-order valence-electron chi connectivity index (χ3n) is 4.10. The van der Waals surface area contributed by atoms with Gasteiger partial charge in [0.05, 0.1) is 11.0 Å². The Morgan fingerprint density at radius 2 is 2.04 bits per heavy atom. The van der Waals surface area contributed by atoms with E-state index in [1.807, 2.05) is 31.2 Å². The molecule has 4 rings (SSSR count). The summed E-state index contributed by atoms with van der Waals surface area (Å²) in [5.41, 5.74) is 2.61. The molecular weight excluding hydrogens is 306 g/mol. The monoisotopic (exact) mass is 323 g/mol. The fourth-order valence-corrected chi connectivity index (χ4v) is 2.90. The number of hydrogen-bond donors (Lipinski definition) is 1. The van der Waals surface area contributed by atoms with E-state index in [1.54, 1.807) is 18.2 Å². The molecule has 0 saturated heterocycles. The van der Waals surface area contributed by atoms with Gasteiger partial charge in [0.2, 0.25) is 6.79 Å². The third-order valence-corrected chi connectivity index (χ3v) is 4.10. The highest BCUT2D eigenvalue weighted by molar-refractivity contribution is 5.94. The first kappa shape index (κ1) is 14.6. The molecular formula is C18H17N3O3. The number of benzene rings is 2. The average molecular weight is 323 g/mol. The molecule has 0 aliphatic carbocycles. The van der Waals surface area contributed by atoms with Crippen LogP contribution >= 0.6 is 0 Å². The number of nitrogens with one attached hydrogen (secondary N) is 1. The van der Waals surface area contributed by atoms with Gasteiger partial charge in [-0.25, -0.2) is 4.98 Å². The van der Waals surface area contributed by atoms with Crippen LogP contribution in [0.25, 0.3) is 11.0 Å². The first-order valence-corrected chi connectivity index (χ1v) is 7.82. The number of ether oxygens (including phenoxy) is 2. The zero-order valence-corrected chi connectivity index (χ0v) is 13.3. The molecule has 0 atom stereocenters. The quantitative estimate of drug-likeness (QED) is 0.801. The number of fused-ring (bicyclic) bond motifs is 2. The predicted octanol–water partition coefficient (Wildman–Crippen LogP) is 2.50. The van der Waals surface area contributed by atoms with Crippen LogP contribution in [-0.4, -0.2) is 28.8 Å². The van der Waals surface area contributed by atoms with E-state index in [1.165, 1.54) is 0 Å². The molecule has 1 aromatic heterocycles. The standard InChI is InChI=1S/C18H17N3O3/c1-12-20-14-4-2-3-5-15(14)21(12)9-8-19-18(22)13-6-7-16-17(10-13)24-11-23-16/h2-7,10H,8-9,11H2,1H3,(H,19,22). The molecule has 6 nitrogen and oxygen atoms in total. The van der Waals surface area contributed by atoms with Crippen LogP contribution in [0.5, 0.6) is 11.5 Å². The number of para-hydroxylation sites is 2. The maximum absolute atomic E-state index is 12.3. The molecule has 2 heterocycles. The van der Waals surface area contributed by atoms with Crippen molar-refractivity contribution in [1.82, 2.24) is 14.9 Å². The van der Waals surface area contributed by atoms with Gasteiger partial charge in [-0.05, 0) is 37.3 Å². The Kier molecular flexibility index (Phi) is 3.57. The number of rotatable bonds is 4. The summed E-state index contributed by atoms with van der Waals surface area (Å²) in [6, 6.07) is 13.2. The Morgan fingerprint density at radius 3 is 2.96 bits per heavy atom. The minimum absolute atomic E-state index is 0.129. The second-order valence-electron chi connectivity index (χ2n) is 5.62. The normalized spacial score (nSPS) is 12.5. The molecule has 1 N–H and O–H groups in total. The summed E-state index contributed by atoms with van der Waals surface area (Å²) in [5.74, 6) is 2.09. The number of carbonyl (C=O) groups excluding carboxylic acids is 1. The predicted molar refractivity (Wildman–Crippen MR) is 89.4 cm³/mol. The summed E-state index contributed by atoms with van der Waals surface area (Å²) in [4.78, 5) is 16.8. The molecule has 24 heavy (non-hydrogen) atoms. The molecule has 122 valence electrons. The molecule has 3 aromatic rings. The second kappa shape index (κ2) is 5.88. The smallest absolute Gasteiger partial charge is 0.251 e. The van der Waals surface area contributed by atoms with Crippen LogP contribution in [0.15, 0.2) is 42.5 Å². The van der Waals surface area contributed by atoms with Crippen LogP contribution in [-0.2, 0) is 6.54 Å². The highest BCUT2D eigenvalue weighted by Crippen LogP contribution is 2.32. The highest BCUT2D eigenvalue weighted by Gasteiger charge is 2.16. The molecule has 0 saturated carbocycles. The van der Waals surface area contributed by atoms with Crippen molar-refractivity contribution >= 4 is 16.9 Å². The molecule has 1 aliphatic heterocycles. The molecule has 6 heteroatoms. The van der Waals surface area contributed by atoms with E-state index in [2.05, 4.69) is 14.9 Å². The van der Waals surface area contributed by atoms with Gasteiger partial charge in [0, 0.05) is 18.7 Å². The Labute approximate surface area is 139 Å². The minimum atomic E-state index is -0.129. The van der Waals surface area contributed by atoms with Crippen LogP contribution in [0.3, 0.4) is 0 Å². The number of amides is 1. The molecule has 0 spiro atoms. The van der Waals surface area contributed by atoms with E-state index in [-0.39, 0.29) is 12.7 Å². The van der Waals surface area contributed by atoms with Crippen LogP contribution in [0.1, 0.15) is 16.2 Å². The van der Waals surface area contributed by atoms with Crippen molar-refractivity contribution in [2.24, 2.45) is 0 Å². The van der Waals surface area contributed by atoms with Gasteiger partial charge in [-0.15, -0.1) is 0 Å². The number of imidazole rings is 1. The Balaban J connectivity index is 1.43. The summed E-state index contributed by atoms with van der Waals surface area (Å²) in [7, 11) is 0.